The fraction of sp³-hybridized carbons (Fsp3) is 0.150. The van der Waals surface area contributed by atoms with Crippen LogP contribution in [0.15, 0.2) is 66.0 Å². The molecular formula is C20H20N4O3. The Hall–Kier alpha value is -3.61. The third-order valence-corrected chi connectivity index (χ3v) is 3.90. The van der Waals surface area contributed by atoms with Gasteiger partial charge in [0.05, 0.1) is 27.0 Å². The van der Waals surface area contributed by atoms with E-state index in [9.17, 15) is 4.79 Å². The van der Waals surface area contributed by atoms with Crippen molar-refractivity contribution < 1.29 is 14.3 Å². The molecule has 0 saturated carbocycles. The predicted octanol–water partition coefficient (Wildman–Crippen LogP) is 2.71. The van der Waals surface area contributed by atoms with Gasteiger partial charge in [-0.2, -0.15) is 10.2 Å². The first kappa shape index (κ1) is 18.2. The van der Waals surface area contributed by atoms with Crippen molar-refractivity contribution in [2.75, 3.05) is 14.2 Å². The van der Waals surface area contributed by atoms with E-state index in [0.717, 1.165) is 5.56 Å². The van der Waals surface area contributed by atoms with E-state index in [0.29, 0.717) is 29.2 Å². The summed E-state index contributed by atoms with van der Waals surface area (Å²) in [6, 6.07) is 14.5. The zero-order valence-electron chi connectivity index (χ0n) is 15.1. The molecule has 0 atom stereocenters. The molecular weight excluding hydrogens is 344 g/mol. The number of ether oxygens (including phenoxy) is 2. The topological polar surface area (TPSA) is 77.7 Å². The largest absolute Gasteiger partial charge is 0.497 e. The van der Waals surface area contributed by atoms with Crippen molar-refractivity contribution in [2.24, 2.45) is 5.10 Å². The molecule has 0 aliphatic heterocycles. The number of nitrogens with zero attached hydrogens (tertiary/aromatic N) is 3. The van der Waals surface area contributed by atoms with E-state index in [1.54, 1.807) is 49.4 Å². The predicted molar refractivity (Wildman–Crippen MR) is 102 cm³/mol. The number of hydrogen-bond acceptors (Lipinski definition) is 5. The summed E-state index contributed by atoms with van der Waals surface area (Å²) in [6.45, 7) is 0.596. The molecule has 0 radical (unpaired) electrons. The number of carbonyl (C=O) groups excluding carboxylic acids is 1. The second kappa shape index (κ2) is 8.66. The van der Waals surface area contributed by atoms with Gasteiger partial charge in [0.1, 0.15) is 11.5 Å². The van der Waals surface area contributed by atoms with Gasteiger partial charge in [0.2, 0.25) is 0 Å². The van der Waals surface area contributed by atoms with Crippen molar-refractivity contribution in [1.29, 1.82) is 0 Å². The Kier molecular flexibility index (Phi) is 5.84. The van der Waals surface area contributed by atoms with E-state index in [-0.39, 0.29) is 5.91 Å². The normalized spacial score (nSPS) is 10.7. The molecule has 0 fully saturated rings. The first-order chi connectivity index (χ1) is 13.2. The molecule has 7 nitrogen and oxygen atoms in total. The lowest BCUT2D eigenvalue weighted by molar-refractivity contribution is 0.0955. The van der Waals surface area contributed by atoms with Gasteiger partial charge in [0, 0.05) is 23.5 Å². The second-order valence-corrected chi connectivity index (χ2v) is 5.71. The van der Waals surface area contributed by atoms with E-state index in [4.69, 9.17) is 9.47 Å². The molecule has 3 aromatic rings. The molecule has 138 valence electrons. The highest BCUT2D eigenvalue weighted by molar-refractivity contribution is 5.95. The van der Waals surface area contributed by atoms with E-state index < -0.39 is 0 Å². The van der Waals surface area contributed by atoms with Crippen molar-refractivity contribution >= 4 is 12.1 Å². The van der Waals surface area contributed by atoms with Crippen LogP contribution < -0.4 is 14.9 Å². The molecule has 0 spiro atoms. The molecule has 7 heteroatoms. The molecule has 0 unspecified atom stereocenters. The van der Waals surface area contributed by atoms with Crippen molar-refractivity contribution in [3.8, 4) is 11.5 Å². The maximum atomic E-state index is 12.4. The molecule has 1 amide bonds. The van der Waals surface area contributed by atoms with Crippen LogP contribution in [0.4, 0.5) is 0 Å². The lowest BCUT2D eigenvalue weighted by Crippen LogP contribution is -2.18. The summed E-state index contributed by atoms with van der Waals surface area (Å²) in [5.74, 6) is 1.01. The number of hydrazone groups is 1. The first-order valence-corrected chi connectivity index (χ1v) is 8.31. The number of methoxy groups -OCH3 is 2. The fourth-order valence-corrected chi connectivity index (χ4v) is 2.56. The van der Waals surface area contributed by atoms with E-state index in [1.165, 1.54) is 6.21 Å². The highest BCUT2D eigenvalue weighted by Gasteiger charge is 2.07. The molecule has 0 bridgehead atoms. The van der Waals surface area contributed by atoms with Crippen LogP contribution in [0.1, 0.15) is 21.5 Å². The number of benzene rings is 2. The Morgan fingerprint density at radius 3 is 2.81 bits per heavy atom. The average Bonchev–Trinajstić information content (AvgIpc) is 3.21. The number of aromatic nitrogens is 2. The Bertz CT molecular complexity index is 936. The zero-order chi connectivity index (χ0) is 19.1. The van der Waals surface area contributed by atoms with Gasteiger partial charge >= 0.3 is 0 Å². The summed E-state index contributed by atoms with van der Waals surface area (Å²) in [4.78, 5) is 12.4. The molecule has 3 rings (SSSR count). The second-order valence-electron chi connectivity index (χ2n) is 5.71. The molecule has 2 aromatic carbocycles. The number of amides is 1. The Labute approximate surface area is 157 Å². The van der Waals surface area contributed by atoms with Crippen LogP contribution in [0.25, 0.3) is 0 Å². The van der Waals surface area contributed by atoms with Gasteiger partial charge in [0.25, 0.3) is 5.91 Å². The van der Waals surface area contributed by atoms with Gasteiger partial charge in [0.15, 0.2) is 0 Å². The van der Waals surface area contributed by atoms with Crippen molar-refractivity contribution in [3.63, 3.8) is 0 Å². The van der Waals surface area contributed by atoms with Crippen LogP contribution in [0.2, 0.25) is 0 Å². The molecule has 0 saturated heterocycles. The van der Waals surface area contributed by atoms with Gasteiger partial charge in [-0.05, 0) is 42.0 Å². The van der Waals surface area contributed by atoms with Crippen LogP contribution in [-0.4, -0.2) is 36.1 Å². The van der Waals surface area contributed by atoms with Crippen LogP contribution in [0, 0.1) is 0 Å². The van der Waals surface area contributed by atoms with Crippen LogP contribution in [0.5, 0.6) is 11.5 Å². The summed E-state index contributed by atoms with van der Waals surface area (Å²) in [5.41, 5.74) is 4.73. The number of rotatable bonds is 7. The molecule has 27 heavy (non-hydrogen) atoms. The molecule has 1 N–H and O–H groups in total. The Balaban J connectivity index is 1.68. The minimum Gasteiger partial charge on any atom is -0.497 e. The summed E-state index contributed by atoms with van der Waals surface area (Å²) in [7, 11) is 3.16. The minimum atomic E-state index is -0.296. The quantitative estimate of drug-likeness (QED) is 0.516. The molecule has 0 aliphatic carbocycles. The van der Waals surface area contributed by atoms with Gasteiger partial charge in [-0.1, -0.05) is 12.1 Å². The highest BCUT2D eigenvalue weighted by Crippen LogP contribution is 2.22. The third-order valence-electron chi connectivity index (χ3n) is 3.90. The van der Waals surface area contributed by atoms with E-state index in [2.05, 4.69) is 15.6 Å². The van der Waals surface area contributed by atoms with Gasteiger partial charge in [-0.3, -0.25) is 9.48 Å². The van der Waals surface area contributed by atoms with Crippen LogP contribution in [0.3, 0.4) is 0 Å². The van der Waals surface area contributed by atoms with Crippen molar-refractivity contribution in [3.05, 3.63) is 77.6 Å². The maximum absolute atomic E-state index is 12.4. The Morgan fingerprint density at radius 2 is 2.07 bits per heavy atom. The maximum Gasteiger partial charge on any atom is 0.271 e. The highest BCUT2D eigenvalue weighted by atomic mass is 16.5. The molecule has 1 heterocycles. The Morgan fingerprint density at radius 1 is 1.19 bits per heavy atom. The van der Waals surface area contributed by atoms with E-state index >= 15 is 0 Å². The molecule has 1 aromatic heterocycles. The third kappa shape index (κ3) is 4.72. The number of nitrogens with one attached hydrogen (secondary N) is 1. The van der Waals surface area contributed by atoms with Crippen LogP contribution in [-0.2, 0) is 6.54 Å². The monoisotopic (exact) mass is 364 g/mol. The summed E-state index contributed by atoms with van der Waals surface area (Å²) in [5, 5.41) is 8.20. The zero-order valence-corrected chi connectivity index (χ0v) is 15.1. The van der Waals surface area contributed by atoms with Gasteiger partial charge < -0.3 is 9.47 Å². The summed E-state index contributed by atoms with van der Waals surface area (Å²) >= 11 is 0. The van der Waals surface area contributed by atoms with Gasteiger partial charge in [-0.15, -0.1) is 0 Å². The lowest BCUT2D eigenvalue weighted by atomic mass is 10.1. The average molecular weight is 364 g/mol. The van der Waals surface area contributed by atoms with E-state index in [1.807, 2.05) is 30.5 Å². The fourth-order valence-electron chi connectivity index (χ4n) is 2.56. The lowest BCUT2D eigenvalue weighted by Gasteiger charge is -2.07. The number of hydrogen-bond donors (Lipinski definition) is 1. The SMILES string of the molecule is COc1ccc(OC)c(/C=N\NC(=O)c2cccc(Cn3cccn3)c2)c1. The summed E-state index contributed by atoms with van der Waals surface area (Å²) < 4.78 is 12.3. The smallest absolute Gasteiger partial charge is 0.271 e. The molecule has 0 aliphatic rings. The van der Waals surface area contributed by atoms with Gasteiger partial charge in [-0.25, -0.2) is 5.43 Å². The summed E-state index contributed by atoms with van der Waals surface area (Å²) in [6.07, 6.45) is 5.11. The van der Waals surface area contributed by atoms with Crippen molar-refractivity contribution in [2.45, 2.75) is 6.54 Å². The number of carbonyl (C=O) groups is 1. The standard InChI is InChI=1S/C20H20N4O3/c1-26-18-7-8-19(27-2)17(12-18)13-21-23-20(25)16-6-3-5-15(11-16)14-24-10-4-9-22-24/h3-13H,14H2,1-2H3,(H,23,25)/b21-13-. The minimum absolute atomic E-state index is 0.296. The van der Waals surface area contributed by atoms with Crippen LogP contribution >= 0.6 is 0 Å². The first-order valence-electron chi connectivity index (χ1n) is 8.31. The van der Waals surface area contributed by atoms with Crippen molar-refractivity contribution in [1.82, 2.24) is 15.2 Å².